The molecule has 0 aromatic rings. The Kier molecular flexibility index (Phi) is 7.37. The van der Waals surface area contributed by atoms with Crippen LogP contribution in [0.15, 0.2) is 84.3 Å². The maximum atomic E-state index is 13.7. The zero-order valence-electron chi connectivity index (χ0n) is 11.5. The zero-order valence-corrected chi connectivity index (χ0v) is 11.5. The summed E-state index contributed by atoms with van der Waals surface area (Å²) in [5, 5.41) is 0. The molecule has 0 rings (SSSR count). The van der Waals surface area contributed by atoms with Crippen LogP contribution in [0, 0.1) is 0 Å². The minimum absolute atomic E-state index is 0.276. The normalized spacial score (nSPS) is 15.0. The van der Waals surface area contributed by atoms with Gasteiger partial charge in [-0.25, -0.2) is 4.39 Å². The van der Waals surface area contributed by atoms with Crippen LogP contribution in [0.1, 0.15) is 20.8 Å². The smallest absolute Gasteiger partial charge is 0.126 e. The van der Waals surface area contributed by atoms with Gasteiger partial charge in [-0.15, -0.1) is 0 Å². The van der Waals surface area contributed by atoms with Gasteiger partial charge in [-0.1, -0.05) is 50.1 Å². The highest BCUT2D eigenvalue weighted by atomic mass is 19.1. The summed E-state index contributed by atoms with van der Waals surface area (Å²) in [4.78, 5) is 0. The van der Waals surface area contributed by atoms with Gasteiger partial charge in [-0.05, 0) is 49.1 Å². The van der Waals surface area contributed by atoms with Crippen molar-refractivity contribution in [3.63, 3.8) is 0 Å². The number of allylic oxidation sites excluding steroid dienone is 11. The van der Waals surface area contributed by atoms with Crippen molar-refractivity contribution in [3.05, 3.63) is 84.3 Å². The van der Waals surface area contributed by atoms with Crippen molar-refractivity contribution in [3.8, 4) is 0 Å². The lowest BCUT2D eigenvalue weighted by molar-refractivity contribution is 0.649. The Labute approximate surface area is 110 Å². The van der Waals surface area contributed by atoms with Crippen molar-refractivity contribution >= 4 is 0 Å². The van der Waals surface area contributed by atoms with Gasteiger partial charge >= 0.3 is 0 Å². The third kappa shape index (κ3) is 4.54. The van der Waals surface area contributed by atoms with Crippen LogP contribution in [0.25, 0.3) is 0 Å². The quantitative estimate of drug-likeness (QED) is 0.533. The topological polar surface area (TPSA) is 0 Å². The molecule has 0 spiro atoms. The molecule has 0 radical (unpaired) electrons. The first-order chi connectivity index (χ1) is 8.49. The highest BCUT2D eigenvalue weighted by Crippen LogP contribution is 2.24. The van der Waals surface area contributed by atoms with Crippen LogP contribution in [-0.4, -0.2) is 0 Å². The Morgan fingerprint density at radius 3 is 2.00 bits per heavy atom. The zero-order chi connectivity index (χ0) is 14.1. The average Bonchev–Trinajstić information content (AvgIpc) is 2.36. The highest BCUT2D eigenvalue weighted by molar-refractivity contribution is 5.50. The minimum atomic E-state index is -0.276. The second-order valence-corrected chi connectivity index (χ2v) is 3.90. The molecule has 0 amide bonds. The maximum absolute atomic E-state index is 13.7. The van der Waals surface area contributed by atoms with E-state index in [2.05, 4.69) is 19.7 Å². The fourth-order valence-corrected chi connectivity index (χ4v) is 1.52. The molecular weight excluding hydrogens is 223 g/mol. The first-order valence-electron chi connectivity index (χ1n) is 5.78. The van der Waals surface area contributed by atoms with E-state index in [1.165, 1.54) is 12.2 Å². The fourth-order valence-electron chi connectivity index (χ4n) is 1.52. The van der Waals surface area contributed by atoms with Crippen LogP contribution in [0.5, 0.6) is 0 Å². The van der Waals surface area contributed by atoms with Crippen LogP contribution in [0.4, 0.5) is 4.39 Å². The molecular formula is C17H21F. The summed E-state index contributed by atoms with van der Waals surface area (Å²) >= 11 is 0. The van der Waals surface area contributed by atoms with E-state index in [1.54, 1.807) is 19.1 Å². The maximum Gasteiger partial charge on any atom is 0.126 e. The summed E-state index contributed by atoms with van der Waals surface area (Å²) in [5.74, 6) is -0.276. The largest absolute Gasteiger partial charge is 0.207 e. The lowest BCUT2D eigenvalue weighted by atomic mass is 9.97. The molecule has 0 aliphatic carbocycles. The molecule has 0 nitrogen and oxygen atoms in total. The van der Waals surface area contributed by atoms with Gasteiger partial charge in [0.15, 0.2) is 0 Å². The van der Waals surface area contributed by atoms with Gasteiger partial charge in [0.25, 0.3) is 0 Å². The SMILES string of the molecule is C=C\C=C/C(C)=C(C=C)/C(C)=C(C)/C(F)=C\C=C. The second kappa shape index (κ2) is 8.24. The van der Waals surface area contributed by atoms with Gasteiger partial charge < -0.3 is 0 Å². The molecule has 0 unspecified atom stereocenters. The number of hydrogen-bond acceptors (Lipinski definition) is 0. The molecule has 18 heavy (non-hydrogen) atoms. The van der Waals surface area contributed by atoms with E-state index in [1.807, 2.05) is 26.0 Å². The molecule has 0 N–H and O–H groups in total. The summed E-state index contributed by atoms with van der Waals surface area (Å²) in [5.41, 5.74) is 3.41. The van der Waals surface area contributed by atoms with Crippen LogP contribution in [-0.2, 0) is 0 Å². The predicted molar refractivity (Wildman–Crippen MR) is 80.0 cm³/mol. The van der Waals surface area contributed by atoms with E-state index in [9.17, 15) is 4.39 Å². The van der Waals surface area contributed by atoms with Crippen LogP contribution < -0.4 is 0 Å². The Balaban J connectivity index is 5.69. The van der Waals surface area contributed by atoms with E-state index in [-0.39, 0.29) is 5.83 Å². The highest BCUT2D eigenvalue weighted by Gasteiger charge is 2.06. The van der Waals surface area contributed by atoms with Crippen molar-refractivity contribution < 1.29 is 4.39 Å². The Hall–Kier alpha value is -1.89. The molecule has 0 fully saturated rings. The van der Waals surface area contributed by atoms with E-state index in [4.69, 9.17) is 0 Å². The van der Waals surface area contributed by atoms with Crippen molar-refractivity contribution in [1.29, 1.82) is 0 Å². The van der Waals surface area contributed by atoms with Crippen molar-refractivity contribution in [2.45, 2.75) is 20.8 Å². The summed E-state index contributed by atoms with van der Waals surface area (Å²) in [6.07, 6.45) is 10.0. The predicted octanol–water partition coefficient (Wildman–Crippen LogP) is 5.61. The van der Waals surface area contributed by atoms with Gasteiger partial charge in [-0.2, -0.15) is 0 Å². The second-order valence-electron chi connectivity index (χ2n) is 3.90. The lowest BCUT2D eigenvalue weighted by Crippen LogP contribution is -1.91. The molecule has 0 aromatic heterocycles. The van der Waals surface area contributed by atoms with Crippen molar-refractivity contribution in [1.82, 2.24) is 0 Å². The number of hydrogen-bond donors (Lipinski definition) is 0. The van der Waals surface area contributed by atoms with Gasteiger partial charge in [0.05, 0.1) is 0 Å². The van der Waals surface area contributed by atoms with E-state index >= 15 is 0 Å². The Morgan fingerprint density at radius 2 is 1.56 bits per heavy atom. The third-order valence-electron chi connectivity index (χ3n) is 2.70. The third-order valence-corrected chi connectivity index (χ3v) is 2.70. The summed E-state index contributed by atoms with van der Waals surface area (Å²) < 4.78 is 13.7. The Morgan fingerprint density at radius 1 is 0.944 bits per heavy atom. The Bertz CT molecular complexity index is 454. The standard InChI is InChI=1S/C17H21F/c1-7-10-12-13(4)16(9-3)14(5)15(6)17(18)11-8-2/h7-12H,1-3H2,4-6H3/b12-10-,15-14+,16-13+,17-11+. The van der Waals surface area contributed by atoms with Crippen LogP contribution in [0.2, 0.25) is 0 Å². The van der Waals surface area contributed by atoms with Crippen LogP contribution in [0.3, 0.4) is 0 Å². The molecule has 0 bridgehead atoms. The minimum Gasteiger partial charge on any atom is -0.207 e. The molecule has 0 saturated carbocycles. The molecule has 1 heteroatoms. The molecule has 0 atom stereocenters. The first kappa shape index (κ1) is 16.1. The number of rotatable bonds is 6. The van der Waals surface area contributed by atoms with Gasteiger partial charge in [0.2, 0.25) is 0 Å². The molecule has 0 saturated heterocycles. The first-order valence-corrected chi connectivity index (χ1v) is 5.78. The van der Waals surface area contributed by atoms with E-state index < -0.39 is 0 Å². The van der Waals surface area contributed by atoms with E-state index in [0.29, 0.717) is 5.57 Å². The van der Waals surface area contributed by atoms with E-state index in [0.717, 1.165) is 16.7 Å². The van der Waals surface area contributed by atoms with Crippen LogP contribution >= 0.6 is 0 Å². The summed E-state index contributed by atoms with van der Waals surface area (Å²) in [6, 6.07) is 0. The summed E-state index contributed by atoms with van der Waals surface area (Å²) in [6.45, 7) is 16.5. The monoisotopic (exact) mass is 244 g/mol. The average molecular weight is 244 g/mol. The molecule has 96 valence electrons. The van der Waals surface area contributed by atoms with Gasteiger partial charge in [0, 0.05) is 0 Å². The van der Waals surface area contributed by atoms with Crippen molar-refractivity contribution in [2.24, 2.45) is 0 Å². The fraction of sp³-hybridized carbons (Fsp3) is 0.176. The van der Waals surface area contributed by atoms with Gasteiger partial charge in [0.1, 0.15) is 5.83 Å². The molecule has 0 heterocycles. The number of halogens is 1. The van der Waals surface area contributed by atoms with Crippen molar-refractivity contribution in [2.75, 3.05) is 0 Å². The molecule has 0 aliphatic rings. The summed E-state index contributed by atoms with van der Waals surface area (Å²) in [7, 11) is 0. The van der Waals surface area contributed by atoms with Gasteiger partial charge in [-0.3, -0.25) is 0 Å². The molecule has 0 aliphatic heterocycles. The molecule has 0 aromatic carbocycles. The lowest BCUT2D eigenvalue weighted by Gasteiger charge is -2.10.